The number of nitrogens with zero attached hydrogens (tertiary/aromatic N) is 2. The molecular weight excluding hydrogens is 282 g/mol. The second-order valence-corrected chi connectivity index (χ2v) is 3.98. The van der Waals surface area contributed by atoms with E-state index < -0.39 is 0 Å². The van der Waals surface area contributed by atoms with Crippen molar-refractivity contribution in [1.29, 1.82) is 0 Å². The number of nitrogens with one attached hydrogen (secondary N) is 1. The molecule has 86 valence electrons. The Labute approximate surface area is 107 Å². The topological polar surface area (TPSA) is 54.9 Å². The molecule has 1 N–H and O–H groups in total. The van der Waals surface area contributed by atoms with Crippen LogP contribution in [0.15, 0.2) is 43.0 Å². The van der Waals surface area contributed by atoms with Crippen LogP contribution in [0.25, 0.3) is 0 Å². The van der Waals surface area contributed by atoms with E-state index in [2.05, 4.69) is 31.2 Å². The molecule has 2 aromatic rings. The van der Waals surface area contributed by atoms with Gasteiger partial charge in [-0.05, 0) is 17.7 Å². The van der Waals surface area contributed by atoms with E-state index in [0.29, 0.717) is 5.56 Å². The number of rotatable bonds is 3. The van der Waals surface area contributed by atoms with Gasteiger partial charge in [0.25, 0.3) is 5.91 Å². The Kier molecular flexibility index (Phi) is 3.82. The van der Waals surface area contributed by atoms with Gasteiger partial charge < -0.3 is 5.32 Å². The molecule has 0 aliphatic heterocycles. The van der Waals surface area contributed by atoms with E-state index in [4.69, 9.17) is 0 Å². The maximum Gasteiger partial charge on any atom is 0.258 e. The average Bonchev–Trinajstić information content (AvgIpc) is 2.40. The van der Waals surface area contributed by atoms with Gasteiger partial charge in [0.2, 0.25) is 0 Å². The first-order valence-electron chi connectivity index (χ1n) is 5.01. The third-order valence-electron chi connectivity index (χ3n) is 2.16. The highest BCUT2D eigenvalue weighted by Crippen LogP contribution is 2.13. The van der Waals surface area contributed by atoms with Gasteiger partial charge in [0.1, 0.15) is 6.33 Å². The summed E-state index contributed by atoms with van der Waals surface area (Å²) in [7, 11) is 0. The standard InChI is InChI=1S/C12H10BrN3O/c13-5-9-2-1-3-11(4-9)16-12(17)10-6-14-8-15-7-10/h1-4,6-8H,5H2,(H,16,17). The molecule has 2 rings (SSSR count). The summed E-state index contributed by atoms with van der Waals surface area (Å²) in [5, 5.41) is 3.55. The Morgan fingerprint density at radius 2 is 2.06 bits per heavy atom. The van der Waals surface area contributed by atoms with E-state index in [1.807, 2.05) is 24.3 Å². The number of carbonyl (C=O) groups is 1. The minimum Gasteiger partial charge on any atom is -0.322 e. The highest BCUT2D eigenvalue weighted by Gasteiger charge is 2.06. The largest absolute Gasteiger partial charge is 0.322 e. The van der Waals surface area contributed by atoms with Crippen molar-refractivity contribution in [1.82, 2.24) is 9.97 Å². The molecule has 0 fully saturated rings. The first-order chi connectivity index (χ1) is 8.29. The van der Waals surface area contributed by atoms with Crippen molar-refractivity contribution in [2.24, 2.45) is 0 Å². The quantitative estimate of drug-likeness (QED) is 0.885. The average molecular weight is 292 g/mol. The van der Waals surface area contributed by atoms with Gasteiger partial charge in [-0.2, -0.15) is 0 Å². The van der Waals surface area contributed by atoms with E-state index in [1.165, 1.54) is 18.7 Å². The molecule has 1 amide bonds. The summed E-state index contributed by atoms with van der Waals surface area (Å²) in [4.78, 5) is 19.4. The van der Waals surface area contributed by atoms with Crippen molar-refractivity contribution in [3.8, 4) is 0 Å². The Balaban J connectivity index is 2.13. The van der Waals surface area contributed by atoms with Gasteiger partial charge >= 0.3 is 0 Å². The van der Waals surface area contributed by atoms with Crippen LogP contribution in [-0.4, -0.2) is 15.9 Å². The highest BCUT2D eigenvalue weighted by molar-refractivity contribution is 9.08. The zero-order valence-corrected chi connectivity index (χ0v) is 10.5. The number of carbonyl (C=O) groups excluding carboxylic acids is 1. The van der Waals surface area contributed by atoms with Crippen molar-refractivity contribution >= 4 is 27.5 Å². The summed E-state index contributed by atoms with van der Waals surface area (Å²) in [5.74, 6) is -0.211. The van der Waals surface area contributed by atoms with E-state index in [9.17, 15) is 4.79 Å². The van der Waals surface area contributed by atoms with E-state index in [1.54, 1.807) is 0 Å². The van der Waals surface area contributed by atoms with E-state index >= 15 is 0 Å². The molecule has 0 unspecified atom stereocenters. The van der Waals surface area contributed by atoms with Gasteiger partial charge in [0.05, 0.1) is 5.56 Å². The molecule has 1 heterocycles. The van der Waals surface area contributed by atoms with Crippen LogP contribution < -0.4 is 5.32 Å². The van der Waals surface area contributed by atoms with Crippen LogP contribution in [0.1, 0.15) is 15.9 Å². The monoisotopic (exact) mass is 291 g/mol. The second kappa shape index (κ2) is 5.54. The molecule has 0 aliphatic rings. The van der Waals surface area contributed by atoms with Gasteiger partial charge in [-0.1, -0.05) is 28.1 Å². The SMILES string of the molecule is O=C(Nc1cccc(CBr)c1)c1cncnc1. The van der Waals surface area contributed by atoms with Gasteiger partial charge in [-0.25, -0.2) is 9.97 Å². The first-order valence-corrected chi connectivity index (χ1v) is 6.13. The molecule has 0 aliphatic carbocycles. The van der Waals surface area contributed by atoms with Gasteiger partial charge in [-0.15, -0.1) is 0 Å². The molecule has 4 nitrogen and oxygen atoms in total. The number of hydrogen-bond donors (Lipinski definition) is 1. The number of aromatic nitrogens is 2. The molecule has 17 heavy (non-hydrogen) atoms. The third-order valence-corrected chi connectivity index (χ3v) is 2.81. The predicted molar refractivity (Wildman–Crippen MR) is 69.1 cm³/mol. The first kappa shape index (κ1) is 11.7. The van der Waals surface area contributed by atoms with Crippen molar-refractivity contribution in [2.75, 3.05) is 5.32 Å². The third kappa shape index (κ3) is 3.10. The van der Waals surface area contributed by atoms with Crippen molar-refractivity contribution in [3.63, 3.8) is 0 Å². The highest BCUT2D eigenvalue weighted by atomic mass is 79.9. The van der Waals surface area contributed by atoms with Gasteiger partial charge in [0.15, 0.2) is 0 Å². The summed E-state index contributed by atoms with van der Waals surface area (Å²) in [6, 6.07) is 7.63. The Morgan fingerprint density at radius 1 is 1.29 bits per heavy atom. The zero-order chi connectivity index (χ0) is 12.1. The summed E-state index contributed by atoms with van der Waals surface area (Å²) in [5.41, 5.74) is 2.31. The van der Waals surface area contributed by atoms with E-state index in [0.717, 1.165) is 16.6 Å². The molecule has 1 aromatic heterocycles. The summed E-state index contributed by atoms with van der Waals surface area (Å²) in [6.07, 6.45) is 4.36. The Bertz CT molecular complexity index is 516. The summed E-state index contributed by atoms with van der Waals surface area (Å²) in [6.45, 7) is 0. The van der Waals surface area contributed by atoms with E-state index in [-0.39, 0.29) is 5.91 Å². The Morgan fingerprint density at radius 3 is 2.76 bits per heavy atom. The number of anilines is 1. The molecule has 0 saturated carbocycles. The minimum atomic E-state index is -0.211. The lowest BCUT2D eigenvalue weighted by Gasteiger charge is -2.05. The molecule has 0 spiro atoms. The zero-order valence-electron chi connectivity index (χ0n) is 8.93. The Hall–Kier alpha value is -1.75. The van der Waals surface area contributed by atoms with Crippen LogP contribution in [-0.2, 0) is 5.33 Å². The van der Waals surface area contributed by atoms with Crippen LogP contribution in [0.3, 0.4) is 0 Å². The second-order valence-electron chi connectivity index (χ2n) is 3.42. The molecule has 0 atom stereocenters. The van der Waals surface area contributed by atoms with Crippen LogP contribution in [0.5, 0.6) is 0 Å². The predicted octanol–water partition coefficient (Wildman–Crippen LogP) is 2.62. The van der Waals surface area contributed by atoms with Crippen molar-refractivity contribution < 1.29 is 4.79 Å². The lowest BCUT2D eigenvalue weighted by molar-refractivity contribution is 0.102. The number of benzene rings is 1. The van der Waals surface area contributed by atoms with Crippen molar-refractivity contribution in [2.45, 2.75) is 5.33 Å². The molecule has 5 heteroatoms. The summed E-state index contributed by atoms with van der Waals surface area (Å²) >= 11 is 3.37. The minimum absolute atomic E-state index is 0.211. The van der Waals surface area contributed by atoms with Gasteiger partial charge in [0, 0.05) is 23.4 Å². The fourth-order valence-electron chi connectivity index (χ4n) is 1.35. The van der Waals surface area contributed by atoms with Crippen LogP contribution in [0.2, 0.25) is 0 Å². The lowest BCUT2D eigenvalue weighted by Crippen LogP contribution is -2.12. The normalized spacial score (nSPS) is 9.94. The number of halogens is 1. The summed E-state index contributed by atoms with van der Waals surface area (Å²) < 4.78 is 0. The molecule has 0 radical (unpaired) electrons. The number of hydrogen-bond acceptors (Lipinski definition) is 3. The maximum atomic E-state index is 11.8. The molecule has 0 saturated heterocycles. The maximum absolute atomic E-state index is 11.8. The number of amides is 1. The number of alkyl halides is 1. The van der Waals surface area contributed by atoms with Crippen LogP contribution in [0, 0.1) is 0 Å². The molecular formula is C12H10BrN3O. The smallest absolute Gasteiger partial charge is 0.258 e. The van der Waals surface area contributed by atoms with Crippen LogP contribution >= 0.6 is 15.9 Å². The fraction of sp³-hybridized carbons (Fsp3) is 0.0833. The fourth-order valence-corrected chi connectivity index (χ4v) is 1.70. The lowest BCUT2D eigenvalue weighted by atomic mass is 10.2. The van der Waals surface area contributed by atoms with Gasteiger partial charge in [-0.3, -0.25) is 4.79 Å². The molecule has 0 bridgehead atoms. The van der Waals surface area contributed by atoms with Crippen molar-refractivity contribution in [3.05, 3.63) is 54.1 Å². The molecule has 1 aromatic carbocycles. The van der Waals surface area contributed by atoms with Crippen LogP contribution in [0.4, 0.5) is 5.69 Å².